The second kappa shape index (κ2) is 15.8. The summed E-state index contributed by atoms with van der Waals surface area (Å²) in [6.07, 6.45) is 2.07. The molecular formula is C48H62O7S2Si2. The quantitative estimate of drug-likeness (QED) is 0.128. The lowest BCUT2D eigenvalue weighted by Gasteiger charge is -2.35. The number of hydrogen-bond donors (Lipinski definition) is 0. The third-order valence-corrected chi connectivity index (χ3v) is 15.5. The van der Waals surface area contributed by atoms with Crippen LogP contribution in [0.3, 0.4) is 0 Å². The molecule has 3 aliphatic heterocycles. The van der Waals surface area contributed by atoms with Gasteiger partial charge in [-0.3, -0.25) is 0 Å². The minimum atomic E-state index is -3.78. The van der Waals surface area contributed by atoms with Crippen LogP contribution in [-0.2, 0) is 25.4 Å². The predicted molar refractivity (Wildman–Crippen MR) is 244 cm³/mol. The Bertz CT molecular complexity index is 2390. The van der Waals surface area contributed by atoms with E-state index < -0.39 is 39.1 Å². The minimum Gasteiger partial charge on any atom is -0.542 e. The van der Waals surface area contributed by atoms with Gasteiger partial charge in [-0.15, -0.1) is 0 Å². The Balaban J connectivity index is 0.000000199. The largest absolute Gasteiger partial charge is 0.542 e. The number of hydrogen-bond acceptors (Lipinski definition) is 8. The summed E-state index contributed by atoms with van der Waals surface area (Å²) in [6, 6.07) is 23.5. The molecule has 11 heteroatoms. The Morgan fingerprint density at radius 3 is 1.88 bits per heavy atom. The van der Waals surface area contributed by atoms with Crippen molar-refractivity contribution >= 4 is 45.8 Å². The molecule has 0 aliphatic carbocycles. The van der Waals surface area contributed by atoms with Crippen molar-refractivity contribution in [2.45, 2.75) is 163 Å². The van der Waals surface area contributed by atoms with E-state index in [1.807, 2.05) is 46.0 Å². The Hall–Kier alpha value is -3.49. The summed E-state index contributed by atoms with van der Waals surface area (Å²) in [5, 5.41) is 0. The Morgan fingerprint density at radius 2 is 1.27 bits per heavy atom. The van der Waals surface area contributed by atoms with Gasteiger partial charge in [-0.05, 0) is 162 Å². The summed E-state index contributed by atoms with van der Waals surface area (Å²) < 4.78 is 57.9. The Kier molecular flexibility index (Phi) is 12.0. The van der Waals surface area contributed by atoms with Crippen molar-refractivity contribution in [1.29, 1.82) is 0 Å². The second-order valence-electron chi connectivity index (χ2n) is 19.5. The van der Waals surface area contributed by atoms with Crippen molar-refractivity contribution in [3.8, 4) is 23.0 Å². The van der Waals surface area contributed by atoms with Gasteiger partial charge in [-0.25, -0.2) is 8.42 Å². The maximum Gasteiger partial charge on any atom is 0.274 e. The SMILES string of the molecule is CC1=Cc2cc(Sc3ccc(C(C)(C)C)cc3O[Si](C)C)ccc2OC1(C)C.C[Si](C)Oc1cc(C(C)(C)C)ccc1S(=O)(=O)c1ccc2c(c1)[C@@H]1O[C@]1(C)C(C)(C)O2. The summed E-state index contributed by atoms with van der Waals surface area (Å²) in [4.78, 5) is 2.78. The molecule has 4 aromatic carbocycles. The first kappa shape index (κ1) is 45.1. The number of fused-ring (bicyclic) bond motifs is 4. The molecule has 0 amide bonds. The summed E-state index contributed by atoms with van der Waals surface area (Å²) in [5.74, 6) is 3.05. The number of benzene rings is 4. The van der Waals surface area contributed by atoms with E-state index in [4.69, 9.17) is 23.1 Å². The molecule has 316 valence electrons. The molecule has 3 heterocycles. The molecule has 0 spiro atoms. The maximum absolute atomic E-state index is 13.7. The summed E-state index contributed by atoms with van der Waals surface area (Å²) in [5.41, 5.74) is 4.33. The van der Waals surface area contributed by atoms with E-state index in [0.717, 1.165) is 33.1 Å². The van der Waals surface area contributed by atoms with Crippen LogP contribution in [0.4, 0.5) is 0 Å². The third kappa shape index (κ3) is 9.39. The first-order valence-electron chi connectivity index (χ1n) is 20.3. The van der Waals surface area contributed by atoms with Crippen LogP contribution in [-0.4, -0.2) is 43.3 Å². The second-order valence-corrected chi connectivity index (χ2v) is 26.6. The summed E-state index contributed by atoms with van der Waals surface area (Å²) >= 11 is 1.76. The van der Waals surface area contributed by atoms with Gasteiger partial charge in [0.1, 0.15) is 50.8 Å². The fourth-order valence-corrected chi connectivity index (χ4v) is 10.7. The number of ether oxygens (including phenoxy) is 3. The molecule has 4 aromatic rings. The first-order chi connectivity index (χ1) is 27.1. The van der Waals surface area contributed by atoms with Gasteiger partial charge in [0.05, 0.1) is 9.79 Å². The molecule has 0 N–H and O–H groups in total. The van der Waals surface area contributed by atoms with E-state index in [-0.39, 0.29) is 32.3 Å². The molecule has 3 aliphatic rings. The van der Waals surface area contributed by atoms with Gasteiger partial charge in [-0.2, -0.15) is 0 Å². The highest BCUT2D eigenvalue weighted by Gasteiger charge is 2.67. The Labute approximate surface area is 361 Å². The monoisotopic (exact) mass is 870 g/mol. The van der Waals surface area contributed by atoms with Crippen molar-refractivity contribution in [3.63, 3.8) is 0 Å². The minimum absolute atomic E-state index is 0.105. The molecule has 0 bridgehead atoms. The van der Waals surface area contributed by atoms with E-state index in [9.17, 15) is 8.42 Å². The molecule has 0 unspecified atom stereocenters. The van der Waals surface area contributed by atoms with E-state index in [0.29, 0.717) is 11.5 Å². The molecule has 2 radical (unpaired) electrons. The highest BCUT2D eigenvalue weighted by Crippen LogP contribution is 2.62. The lowest BCUT2D eigenvalue weighted by molar-refractivity contribution is 0.0241. The lowest BCUT2D eigenvalue weighted by atomic mass is 9.84. The topological polar surface area (TPSA) is 83.6 Å². The van der Waals surface area contributed by atoms with Crippen LogP contribution in [0.1, 0.15) is 111 Å². The third-order valence-electron chi connectivity index (χ3n) is 11.4. The average Bonchev–Trinajstić information content (AvgIpc) is 3.82. The van der Waals surface area contributed by atoms with Gasteiger partial charge in [-0.1, -0.05) is 65.4 Å². The standard InChI is InChI=1S/C24H31O5SSi.C24H31O2SSi/c1-22(2,3)15-9-12-20(19(13-15)29-31(7)8)30(25,26)16-10-11-18-17(14-16)21-24(6,28-21)23(4,5)27-18;1-16-13-17-14-19(10-11-20(17)25-24(16,5)6)27-22-12-9-18(23(2,3)4)15-21(22)26-28(7)8/h9-14,21H,1-8H3;9-15H,1-8H3/t21-,24-;/m0./s1. The van der Waals surface area contributed by atoms with Crippen LogP contribution in [0.2, 0.25) is 26.2 Å². The number of rotatable bonds is 8. The lowest BCUT2D eigenvalue weighted by Crippen LogP contribution is -2.45. The van der Waals surface area contributed by atoms with E-state index >= 15 is 0 Å². The first-order valence-corrected chi connectivity index (χ1v) is 27.4. The van der Waals surface area contributed by atoms with Crippen LogP contribution in [0.5, 0.6) is 23.0 Å². The molecular weight excluding hydrogens is 809 g/mol. The molecule has 1 saturated heterocycles. The van der Waals surface area contributed by atoms with Crippen LogP contribution in [0.25, 0.3) is 6.08 Å². The van der Waals surface area contributed by atoms with Crippen molar-refractivity contribution in [1.82, 2.24) is 0 Å². The summed E-state index contributed by atoms with van der Waals surface area (Å²) in [7, 11) is -5.78. The van der Waals surface area contributed by atoms with Crippen molar-refractivity contribution in [2.75, 3.05) is 0 Å². The van der Waals surface area contributed by atoms with Gasteiger partial charge in [0.2, 0.25) is 9.84 Å². The Morgan fingerprint density at radius 1 is 0.695 bits per heavy atom. The van der Waals surface area contributed by atoms with Gasteiger partial charge in [0.15, 0.2) is 0 Å². The van der Waals surface area contributed by atoms with Crippen LogP contribution in [0, 0.1) is 0 Å². The molecule has 59 heavy (non-hydrogen) atoms. The van der Waals surface area contributed by atoms with Crippen LogP contribution < -0.4 is 18.3 Å². The molecule has 2 atom stereocenters. The zero-order chi connectivity index (χ0) is 43.7. The van der Waals surface area contributed by atoms with Gasteiger partial charge in [0, 0.05) is 16.0 Å². The van der Waals surface area contributed by atoms with Crippen LogP contribution >= 0.6 is 11.8 Å². The van der Waals surface area contributed by atoms with Crippen LogP contribution in [0.15, 0.2) is 98.0 Å². The van der Waals surface area contributed by atoms with Gasteiger partial charge in [0.25, 0.3) is 18.1 Å². The average molecular weight is 871 g/mol. The van der Waals surface area contributed by atoms with E-state index in [1.54, 1.807) is 36.0 Å². The van der Waals surface area contributed by atoms with E-state index in [2.05, 4.69) is 118 Å². The highest BCUT2D eigenvalue weighted by atomic mass is 32.2. The van der Waals surface area contributed by atoms with Gasteiger partial charge >= 0.3 is 0 Å². The highest BCUT2D eigenvalue weighted by molar-refractivity contribution is 7.99. The maximum atomic E-state index is 13.7. The molecule has 0 aromatic heterocycles. The zero-order valence-corrected chi connectivity index (χ0v) is 41.4. The number of epoxide rings is 1. The van der Waals surface area contributed by atoms with E-state index in [1.165, 1.54) is 16.0 Å². The number of sulfone groups is 1. The smallest absolute Gasteiger partial charge is 0.274 e. The fourth-order valence-electron chi connectivity index (χ4n) is 7.06. The molecule has 7 rings (SSSR count). The van der Waals surface area contributed by atoms with Crippen molar-refractivity contribution in [3.05, 3.63) is 101 Å². The molecule has 0 saturated carbocycles. The predicted octanol–water partition coefficient (Wildman–Crippen LogP) is 12.8. The van der Waals surface area contributed by atoms with Gasteiger partial charge < -0.3 is 23.1 Å². The van der Waals surface area contributed by atoms with Crippen molar-refractivity contribution < 1.29 is 31.5 Å². The zero-order valence-electron chi connectivity index (χ0n) is 37.8. The normalized spacial score (nSPS) is 20.2. The van der Waals surface area contributed by atoms with Crippen molar-refractivity contribution in [2.24, 2.45) is 0 Å². The molecule has 1 fully saturated rings. The molecule has 7 nitrogen and oxygen atoms in total. The summed E-state index contributed by atoms with van der Waals surface area (Å²) in [6.45, 7) is 33.7. The fraction of sp³-hybridized carbons (Fsp3) is 0.458.